The van der Waals surface area contributed by atoms with Crippen molar-refractivity contribution in [2.75, 3.05) is 0 Å². The Labute approximate surface area is 146 Å². The van der Waals surface area contributed by atoms with Crippen molar-refractivity contribution in [2.45, 2.75) is 33.1 Å². The van der Waals surface area contributed by atoms with Gasteiger partial charge in [-0.25, -0.2) is 0 Å². The topological polar surface area (TPSA) is 40.1 Å². The predicted molar refractivity (Wildman–Crippen MR) is 62.7 cm³/mol. The fourth-order valence-corrected chi connectivity index (χ4v) is 2.02. The van der Waals surface area contributed by atoms with Gasteiger partial charge in [0.25, 0.3) is 0 Å². The van der Waals surface area contributed by atoms with Crippen molar-refractivity contribution in [3.05, 3.63) is 35.9 Å². The molecular formula is C14H19KO2. The van der Waals surface area contributed by atoms with E-state index in [4.69, 9.17) is 0 Å². The number of hydrogen-bond acceptors (Lipinski definition) is 2. The van der Waals surface area contributed by atoms with Crippen molar-refractivity contribution < 1.29 is 61.3 Å². The van der Waals surface area contributed by atoms with Crippen LogP contribution < -0.4 is 56.5 Å². The monoisotopic (exact) mass is 258 g/mol. The number of hydrogen-bond donors (Lipinski definition) is 0. The molecule has 0 aliphatic heterocycles. The predicted octanol–water partition coefficient (Wildman–Crippen LogP) is -0.965. The molecule has 0 saturated carbocycles. The normalized spacial score (nSPS) is 13.5. The maximum absolute atomic E-state index is 10.8. The Kier molecular flexibility index (Phi) is 9.46. The average molecular weight is 258 g/mol. The smallest absolute Gasteiger partial charge is 0.550 e. The van der Waals surface area contributed by atoms with Crippen LogP contribution in [0.2, 0.25) is 0 Å². The molecule has 2 unspecified atom stereocenters. The second-order valence-electron chi connectivity index (χ2n) is 4.45. The molecule has 0 aromatic heterocycles. The minimum absolute atomic E-state index is 0. The number of carboxylic acids is 1. The minimum Gasteiger partial charge on any atom is -0.550 e. The third kappa shape index (κ3) is 6.72. The van der Waals surface area contributed by atoms with E-state index in [1.165, 1.54) is 5.56 Å². The van der Waals surface area contributed by atoms with E-state index < -0.39 is 5.97 Å². The molecule has 0 bridgehead atoms. The van der Waals surface area contributed by atoms with Gasteiger partial charge in [0.2, 0.25) is 0 Å². The van der Waals surface area contributed by atoms with Gasteiger partial charge in [-0.15, -0.1) is 0 Å². The van der Waals surface area contributed by atoms with E-state index in [1.807, 2.05) is 25.1 Å². The summed E-state index contributed by atoms with van der Waals surface area (Å²) in [6.45, 7) is 3.99. The first-order valence-corrected chi connectivity index (χ1v) is 5.88. The second kappa shape index (κ2) is 9.28. The Hall–Kier alpha value is 0.326. The molecule has 0 amide bonds. The number of carboxylic acid groups (broad SMARTS) is 1. The van der Waals surface area contributed by atoms with Crippen molar-refractivity contribution >= 4 is 5.97 Å². The molecule has 3 heteroatoms. The first kappa shape index (κ1) is 17.3. The van der Waals surface area contributed by atoms with Gasteiger partial charge in [0, 0.05) is 5.97 Å². The maximum Gasteiger partial charge on any atom is 1.00 e. The molecule has 1 rings (SSSR count). The molecule has 88 valence electrons. The summed E-state index contributed by atoms with van der Waals surface area (Å²) in [4.78, 5) is 10.8. The molecule has 0 radical (unpaired) electrons. The molecule has 0 heterocycles. The zero-order valence-electron chi connectivity index (χ0n) is 11.0. The molecule has 0 saturated heterocycles. The van der Waals surface area contributed by atoms with E-state index in [-0.39, 0.29) is 57.3 Å². The van der Waals surface area contributed by atoms with Crippen LogP contribution in [-0.2, 0) is 11.2 Å². The van der Waals surface area contributed by atoms with Crippen molar-refractivity contribution in [3.8, 4) is 0 Å². The van der Waals surface area contributed by atoms with Crippen LogP contribution in [0.15, 0.2) is 30.3 Å². The summed E-state index contributed by atoms with van der Waals surface area (Å²) in [5.41, 5.74) is 1.27. The Bertz CT molecular complexity index is 324. The Balaban J connectivity index is 0.00000256. The second-order valence-corrected chi connectivity index (χ2v) is 4.45. The third-order valence-electron chi connectivity index (χ3n) is 2.94. The SMILES string of the molecule is CCC(CC(C)Cc1ccccc1)C(=O)[O-].[K+]. The Morgan fingerprint density at radius 3 is 2.35 bits per heavy atom. The number of aliphatic carboxylic acids is 1. The minimum atomic E-state index is -0.914. The van der Waals surface area contributed by atoms with Crippen LogP contribution in [0.25, 0.3) is 0 Å². The summed E-state index contributed by atoms with van der Waals surface area (Å²) in [5.74, 6) is -0.841. The van der Waals surface area contributed by atoms with E-state index >= 15 is 0 Å². The van der Waals surface area contributed by atoms with E-state index in [1.54, 1.807) is 0 Å². The maximum atomic E-state index is 10.8. The number of carbonyl (C=O) groups excluding carboxylic acids is 1. The van der Waals surface area contributed by atoms with Crippen molar-refractivity contribution in [2.24, 2.45) is 11.8 Å². The molecule has 0 spiro atoms. The van der Waals surface area contributed by atoms with E-state index in [0.717, 1.165) is 6.42 Å². The summed E-state index contributed by atoms with van der Waals surface area (Å²) in [5, 5.41) is 10.8. The summed E-state index contributed by atoms with van der Waals surface area (Å²) >= 11 is 0. The largest absolute Gasteiger partial charge is 1.00 e. The van der Waals surface area contributed by atoms with Crippen LogP contribution in [0.4, 0.5) is 0 Å². The first-order chi connectivity index (χ1) is 7.63. The van der Waals surface area contributed by atoms with Crippen molar-refractivity contribution in [1.82, 2.24) is 0 Å². The quantitative estimate of drug-likeness (QED) is 0.616. The standard InChI is InChI=1S/C14H20O2.K/c1-3-13(14(15)16)10-11(2)9-12-7-5-4-6-8-12;/h4-8,11,13H,3,9-10H2,1-2H3,(H,15,16);/q;+1/p-1. The van der Waals surface area contributed by atoms with E-state index in [0.29, 0.717) is 18.8 Å². The summed E-state index contributed by atoms with van der Waals surface area (Å²) in [6, 6.07) is 10.2. The third-order valence-corrected chi connectivity index (χ3v) is 2.94. The van der Waals surface area contributed by atoms with Gasteiger partial charge >= 0.3 is 51.4 Å². The fraction of sp³-hybridized carbons (Fsp3) is 0.500. The number of rotatable bonds is 6. The zero-order valence-corrected chi connectivity index (χ0v) is 14.1. The van der Waals surface area contributed by atoms with Gasteiger partial charge in [-0.1, -0.05) is 44.2 Å². The average Bonchev–Trinajstić information content (AvgIpc) is 2.27. The van der Waals surface area contributed by atoms with Crippen molar-refractivity contribution in [1.29, 1.82) is 0 Å². The van der Waals surface area contributed by atoms with Gasteiger partial charge in [-0.2, -0.15) is 0 Å². The van der Waals surface area contributed by atoms with Crippen LogP contribution >= 0.6 is 0 Å². The van der Waals surface area contributed by atoms with Gasteiger partial charge in [0.15, 0.2) is 0 Å². The summed E-state index contributed by atoms with van der Waals surface area (Å²) in [7, 11) is 0. The number of carbonyl (C=O) groups is 1. The fourth-order valence-electron chi connectivity index (χ4n) is 2.02. The molecule has 0 fully saturated rings. The summed E-state index contributed by atoms with van der Waals surface area (Å²) < 4.78 is 0. The van der Waals surface area contributed by atoms with Gasteiger partial charge < -0.3 is 9.90 Å². The molecule has 17 heavy (non-hydrogen) atoms. The Morgan fingerprint density at radius 1 is 1.29 bits per heavy atom. The molecule has 1 aromatic rings. The van der Waals surface area contributed by atoms with Crippen LogP contribution in [0.1, 0.15) is 32.3 Å². The van der Waals surface area contributed by atoms with E-state index in [2.05, 4.69) is 19.1 Å². The van der Waals surface area contributed by atoms with Crippen LogP contribution in [-0.4, -0.2) is 5.97 Å². The molecule has 0 N–H and O–H groups in total. The molecule has 1 aromatic carbocycles. The number of benzene rings is 1. The molecule has 2 atom stereocenters. The zero-order chi connectivity index (χ0) is 12.0. The molecule has 0 aliphatic carbocycles. The first-order valence-electron chi connectivity index (χ1n) is 5.88. The summed E-state index contributed by atoms with van der Waals surface area (Å²) in [6.07, 6.45) is 2.29. The molecular weight excluding hydrogens is 239 g/mol. The Morgan fingerprint density at radius 2 is 1.88 bits per heavy atom. The van der Waals surface area contributed by atoms with Gasteiger partial charge in [-0.05, 0) is 36.7 Å². The van der Waals surface area contributed by atoms with Gasteiger partial charge in [0.1, 0.15) is 0 Å². The van der Waals surface area contributed by atoms with Crippen LogP contribution in [0.3, 0.4) is 0 Å². The van der Waals surface area contributed by atoms with Crippen LogP contribution in [0.5, 0.6) is 0 Å². The molecule has 0 aliphatic rings. The van der Waals surface area contributed by atoms with Crippen molar-refractivity contribution in [3.63, 3.8) is 0 Å². The van der Waals surface area contributed by atoms with E-state index in [9.17, 15) is 9.90 Å². The molecule has 2 nitrogen and oxygen atoms in total. The van der Waals surface area contributed by atoms with Gasteiger partial charge in [0.05, 0.1) is 0 Å². The van der Waals surface area contributed by atoms with Crippen LogP contribution in [0, 0.1) is 11.8 Å². The van der Waals surface area contributed by atoms with Gasteiger partial charge in [-0.3, -0.25) is 0 Å².